The molecule has 2 fully saturated rings. The summed E-state index contributed by atoms with van der Waals surface area (Å²) in [6.07, 6.45) is 8.01. The summed E-state index contributed by atoms with van der Waals surface area (Å²) in [5.74, 6) is 1.79. The maximum atomic E-state index is 6.11. The number of nitrogens with one attached hydrogen (secondary N) is 1. The molecular formula is C24H34N4O3. The van der Waals surface area contributed by atoms with Crippen molar-refractivity contribution in [2.45, 2.75) is 44.9 Å². The van der Waals surface area contributed by atoms with E-state index < -0.39 is 0 Å². The lowest BCUT2D eigenvalue weighted by atomic mass is 10.1. The summed E-state index contributed by atoms with van der Waals surface area (Å²) in [5.41, 5.74) is 5.43. The van der Waals surface area contributed by atoms with Crippen molar-refractivity contribution in [1.82, 2.24) is 14.9 Å². The van der Waals surface area contributed by atoms with E-state index in [0.717, 1.165) is 75.1 Å². The van der Waals surface area contributed by atoms with Crippen molar-refractivity contribution in [3.05, 3.63) is 17.3 Å². The number of pyridine rings is 2. The van der Waals surface area contributed by atoms with Gasteiger partial charge in [-0.25, -0.2) is 4.98 Å². The first kappa shape index (κ1) is 20.8. The summed E-state index contributed by atoms with van der Waals surface area (Å²) in [5, 5.41) is 3.70. The van der Waals surface area contributed by atoms with Gasteiger partial charge in [-0.15, -0.1) is 0 Å². The fourth-order valence-electron chi connectivity index (χ4n) is 5.05. The van der Waals surface area contributed by atoms with Crippen molar-refractivity contribution in [2.24, 2.45) is 5.92 Å². The molecule has 7 heteroatoms. The Morgan fingerprint density at radius 1 is 1.19 bits per heavy atom. The second kappa shape index (κ2) is 9.57. The normalized spacial score (nSPS) is 21.0. The van der Waals surface area contributed by atoms with Crippen LogP contribution in [-0.4, -0.2) is 68.0 Å². The second-order valence-corrected chi connectivity index (χ2v) is 8.99. The van der Waals surface area contributed by atoms with E-state index in [-0.39, 0.29) is 0 Å². The van der Waals surface area contributed by atoms with E-state index in [4.69, 9.17) is 24.2 Å². The Bertz CT molecular complexity index is 908. The third kappa shape index (κ3) is 4.58. The van der Waals surface area contributed by atoms with Crippen LogP contribution in [0, 0.1) is 5.92 Å². The van der Waals surface area contributed by atoms with E-state index in [9.17, 15) is 0 Å². The molecule has 0 aromatic carbocycles. The Morgan fingerprint density at radius 3 is 2.90 bits per heavy atom. The monoisotopic (exact) mass is 426 g/mol. The van der Waals surface area contributed by atoms with Gasteiger partial charge in [0.25, 0.3) is 5.88 Å². The molecule has 2 aromatic rings. The smallest absolute Gasteiger partial charge is 0.257 e. The minimum absolute atomic E-state index is 0.542. The number of methoxy groups -OCH3 is 1. The summed E-state index contributed by atoms with van der Waals surface area (Å²) in [6.45, 7) is 6.81. The van der Waals surface area contributed by atoms with Gasteiger partial charge in [-0.3, -0.25) is 4.98 Å². The molecule has 0 radical (unpaired) electrons. The van der Waals surface area contributed by atoms with Gasteiger partial charge in [0.2, 0.25) is 0 Å². The molecule has 1 aliphatic carbocycles. The molecule has 0 spiro atoms. The van der Waals surface area contributed by atoms with Gasteiger partial charge in [-0.05, 0) is 63.6 Å². The fourth-order valence-corrected chi connectivity index (χ4v) is 5.05. The van der Waals surface area contributed by atoms with E-state index in [1.54, 1.807) is 7.11 Å². The molecule has 1 atom stereocenters. The van der Waals surface area contributed by atoms with Gasteiger partial charge < -0.3 is 24.4 Å². The average Bonchev–Trinajstić information content (AvgIpc) is 3.56. The molecule has 4 heterocycles. The number of aryl methyl sites for hydroxylation is 1. The van der Waals surface area contributed by atoms with E-state index in [2.05, 4.69) is 10.2 Å². The number of rotatable bonds is 9. The topological polar surface area (TPSA) is 68.7 Å². The first-order chi connectivity index (χ1) is 15.3. The SMILES string of the molecule is COc1nc2c(NC[C@H]3CCOC3)c3c(nc2cc1OCCCN1CCCC1)CCC3. The number of likely N-dealkylation sites (tertiary alicyclic amines) is 1. The Balaban J connectivity index is 1.36. The summed E-state index contributed by atoms with van der Waals surface area (Å²) < 4.78 is 17.3. The maximum Gasteiger partial charge on any atom is 0.257 e. The number of fused-ring (bicyclic) bond motifs is 2. The Morgan fingerprint density at radius 2 is 2.10 bits per heavy atom. The van der Waals surface area contributed by atoms with Gasteiger partial charge in [-0.2, -0.15) is 0 Å². The van der Waals surface area contributed by atoms with E-state index in [0.29, 0.717) is 24.2 Å². The van der Waals surface area contributed by atoms with Crippen LogP contribution in [0.2, 0.25) is 0 Å². The minimum atomic E-state index is 0.542. The van der Waals surface area contributed by atoms with E-state index in [1.807, 2.05) is 6.07 Å². The molecular weight excluding hydrogens is 392 g/mol. The van der Waals surface area contributed by atoms with Crippen molar-refractivity contribution in [1.29, 1.82) is 0 Å². The molecule has 2 saturated heterocycles. The van der Waals surface area contributed by atoms with Crippen LogP contribution in [0.25, 0.3) is 11.0 Å². The van der Waals surface area contributed by atoms with Crippen molar-refractivity contribution in [2.75, 3.05) is 58.4 Å². The zero-order chi connectivity index (χ0) is 21.0. The number of ether oxygens (including phenoxy) is 3. The van der Waals surface area contributed by atoms with Gasteiger partial charge in [0.05, 0.1) is 31.5 Å². The maximum absolute atomic E-state index is 6.11. The molecule has 7 nitrogen and oxygen atoms in total. The molecule has 0 unspecified atom stereocenters. The molecule has 1 N–H and O–H groups in total. The Labute approximate surface area is 184 Å². The first-order valence-electron chi connectivity index (χ1n) is 11.9. The minimum Gasteiger partial charge on any atom is -0.488 e. The van der Waals surface area contributed by atoms with E-state index in [1.165, 1.54) is 37.2 Å². The lowest BCUT2D eigenvalue weighted by Gasteiger charge is -2.18. The third-order valence-corrected chi connectivity index (χ3v) is 6.78. The number of hydrogen-bond acceptors (Lipinski definition) is 7. The fraction of sp³-hybridized carbons (Fsp3) is 0.667. The zero-order valence-electron chi connectivity index (χ0n) is 18.6. The number of hydrogen-bond donors (Lipinski definition) is 1. The van der Waals surface area contributed by atoms with Gasteiger partial charge in [0.1, 0.15) is 5.52 Å². The average molecular weight is 427 g/mol. The Hall–Kier alpha value is -2.12. The molecule has 2 aromatic heterocycles. The summed E-state index contributed by atoms with van der Waals surface area (Å²) in [7, 11) is 1.66. The molecule has 0 amide bonds. The highest BCUT2D eigenvalue weighted by molar-refractivity contribution is 5.91. The van der Waals surface area contributed by atoms with Crippen molar-refractivity contribution in [3.63, 3.8) is 0 Å². The number of nitrogens with zero attached hydrogens (tertiary/aromatic N) is 3. The van der Waals surface area contributed by atoms with Gasteiger partial charge in [0, 0.05) is 37.4 Å². The third-order valence-electron chi connectivity index (χ3n) is 6.78. The van der Waals surface area contributed by atoms with Crippen molar-refractivity contribution >= 4 is 16.7 Å². The molecule has 5 rings (SSSR count). The second-order valence-electron chi connectivity index (χ2n) is 8.99. The predicted octanol–water partition coefficient (Wildman–Crippen LogP) is 3.44. The van der Waals surface area contributed by atoms with Gasteiger partial charge in [0.15, 0.2) is 5.75 Å². The van der Waals surface area contributed by atoms with Gasteiger partial charge in [-0.1, -0.05) is 0 Å². The van der Waals surface area contributed by atoms with Crippen LogP contribution in [0.3, 0.4) is 0 Å². The van der Waals surface area contributed by atoms with Crippen LogP contribution in [-0.2, 0) is 17.6 Å². The highest BCUT2D eigenvalue weighted by atomic mass is 16.5. The lowest BCUT2D eigenvalue weighted by molar-refractivity contribution is 0.187. The molecule has 2 aliphatic heterocycles. The molecule has 0 saturated carbocycles. The van der Waals surface area contributed by atoms with Crippen LogP contribution < -0.4 is 14.8 Å². The quantitative estimate of drug-likeness (QED) is 0.616. The first-order valence-corrected chi connectivity index (χ1v) is 11.9. The largest absolute Gasteiger partial charge is 0.488 e. The number of aromatic nitrogens is 2. The predicted molar refractivity (Wildman–Crippen MR) is 121 cm³/mol. The number of anilines is 1. The highest BCUT2D eigenvalue weighted by Gasteiger charge is 2.24. The van der Waals surface area contributed by atoms with Crippen LogP contribution in [0.4, 0.5) is 5.69 Å². The van der Waals surface area contributed by atoms with Crippen molar-refractivity contribution < 1.29 is 14.2 Å². The van der Waals surface area contributed by atoms with Crippen LogP contribution in [0.15, 0.2) is 6.07 Å². The van der Waals surface area contributed by atoms with Crippen LogP contribution >= 0.6 is 0 Å². The van der Waals surface area contributed by atoms with Crippen LogP contribution in [0.1, 0.15) is 43.4 Å². The molecule has 0 bridgehead atoms. The zero-order valence-corrected chi connectivity index (χ0v) is 18.6. The van der Waals surface area contributed by atoms with Crippen LogP contribution in [0.5, 0.6) is 11.6 Å². The lowest BCUT2D eigenvalue weighted by Crippen LogP contribution is -2.22. The Kier molecular flexibility index (Phi) is 6.41. The summed E-state index contributed by atoms with van der Waals surface area (Å²) in [6, 6.07) is 2.01. The molecule has 168 valence electrons. The van der Waals surface area contributed by atoms with E-state index >= 15 is 0 Å². The van der Waals surface area contributed by atoms with Gasteiger partial charge >= 0.3 is 0 Å². The summed E-state index contributed by atoms with van der Waals surface area (Å²) in [4.78, 5) is 12.3. The summed E-state index contributed by atoms with van der Waals surface area (Å²) >= 11 is 0. The molecule has 31 heavy (non-hydrogen) atoms. The standard InChI is InChI=1S/C24H34N4O3/c1-29-24-21(31-12-5-11-28-9-2-3-10-28)14-20-23(27-24)22(18-6-4-7-19(18)26-20)25-15-17-8-13-30-16-17/h14,17H,2-13,15-16H2,1H3,(H,25,26)/t17-/m1/s1. The molecule has 3 aliphatic rings. The van der Waals surface area contributed by atoms with Crippen molar-refractivity contribution in [3.8, 4) is 11.6 Å². The highest BCUT2D eigenvalue weighted by Crippen LogP contribution is 2.37.